The lowest BCUT2D eigenvalue weighted by Crippen LogP contribution is -2.41. The monoisotopic (exact) mass is 587 g/mol. The van der Waals surface area contributed by atoms with Gasteiger partial charge in [-0.25, -0.2) is 14.2 Å². The normalized spacial score (nSPS) is 25.8. The molecule has 0 spiro atoms. The van der Waals surface area contributed by atoms with Crippen molar-refractivity contribution >= 4 is 23.3 Å². The number of anilines is 1. The Kier molecular flexibility index (Phi) is 5.86. The Balaban J connectivity index is 1.21. The molecule has 2 aromatic carbocycles. The highest BCUT2D eigenvalue weighted by molar-refractivity contribution is 6.32. The van der Waals surface area contributed by atoms with Crippen LogP contribution in [0.5, 0.6) is 5.75 Å². The maximum atomic E-state index is 15.0. The minimum Gasteiger partial charge on any atom is -0.507 e. The van der Waals surface area contributed by atoms with Crippen molar-refractivity contribution in [2.45, 2.75) is 32.2 Å². The largest absolute Gasteiger partial charge is 0.507 e. The third-order valence-corrected chi connectivity index (χ3v) is 10.4. The number of carbonyl (C=O) groups is 1. The van der Waals surface area contributed by atoms with Crippen LogP contribution in [-0.2, 0) is 11.8 Å². The van der Waals surface area contributed by atoms with Crippen LogP contribution in [0.1, 0.15) is 26.7 Å². The van der Waals surface area contributed by atoms with E-state index in [2.05, 4.69) is 22.1 Å². The molecule has 3 heterocycles. The highest BCUT2D eigenvalue weighted by Crippen LogP contribution is 2.75. The van der Waals surface area contributed by atoms with Crippen LogP contribution in [-0.4, -0.2) is 43.8 Å². The van der Waals surface area contributed by atoms with Crippen molar-refractivity contribution in [1.29, 1.82) is 0 Å². The lowest BCUT2D eigenvalue weighted by atomic mass is 9.85. The van der Waals surface area contributed by atoms with Crippen LogP contribution >= 0.6 is 11.6 Å². The molecule has 8 nitrogen and oxygen atoms in total. The van der Waals surface area contributed by atoms with Crippen molar-refractivity contribution in [2.75, 3.05) is 18.0 Å². The number of hydrogen-bond donors (Lipinski definition) is 2. The summed E-state index contributed by atoms with van der Waals surface area (Å²) in [4.78, 5) is 31.3. The molecule has 10 heteroatoms. The van der Waals surface area contributed by atoms with Gasteiger partial charge >= 0.3 is 5.69 Å². The summed E-state index contributed by atoms with van der Waals surface area (Å²) in [6.07, 6.45) is 7.00. The van der Waals surface area contributed by atoms with Crippen molar-refractivity contribution in [3.63, 3.8) is 0 Å². The number of phenols is 1. The fourth-order valence-electron chi connectivity index (χ4n) is 7.90. The van der Waals surface area contributed by atoms with Crippen LogP contribution in [0.25, 0.3) is 27.9 Å². The molecule has 1 saturated heterocycles. The van der Waals surface area contributed by atoms with E-state index in [4.69, 9.17) is 11.6 Å². The maximum absolute atomic E-state index is 15.0. The first-order valence-electron chi connectivity index (χ1n) is 14.1. The van der Waals surface area contributed by atoms with Gasteiger partial charge in [-0.3, -0.25) is 9.36 Å². The van der Waals surface area contributed by atoms with Gasteiger partial charge in [0.05, 0.1) is 16.2 Å². The first-order chi connectivity index (χ1) is 20.0. The van der Waals surface area contributed by atoms with E-state index in [9.17, 15) is 14.7 Å². The van der Waals surface area contributed by atoms with E-state index >= 15 is 4.39 Å². The molecule has 2 saturated carbocycles. The number of halogens is 2. The lowest BCUT2D eigenvalue weighted by Gasteiger charge is -2.36. The first kappa shape index (κ1) is 26.8. The molecule has 2 N–H and O–H groups in total. The first-order valence-corrected chi connectivity index (χ1v) is 14.5. The van der Waals surface area contributed by atoms with Crippen LogP contribution < -0.4 is 15.9 Å². The third-order valence-electron chi connectivity index (χ3n) is 10.1. The number of benzene rings is 2. The second kappa shape index (κ2) is 9.19. The Labute approximate surface area is 247 Å². The van der Waals surface area contributed by atoms with Gasteiger partial charge in [0.1, 0.15) is 17.4 Å². The number of hydrogen-bond acceptors (Lipinski definition) is 5. The molecule has 3 aliphatic rings. The number of amides is 1. The van der Waals surface area contributed by atoms with Crippen LogP contribution in [0.15, 0.2) is 65.8 Å². The second-order valence-electron chi connectivity index (χ2n) is 12.1. The summed E-state index contributed by atoms with van der Waals surface area (Å²) < 4.78 is 17.9. The molecule has 0 bridgehead atoms. The Bertz CT molecular complexity index is 1840. The number of fused-ring (bicyclic) bond motifs is 1. The number of piperidine rings is 1. The van der Waals surface area contributed by atoms with Crippen molar-refractivity contribution in [3.8, 4) is 33.7 Å². The topological polar surface area (TPSA) is 92.4 Å². The summed E-state index contributed by atoms with van der Waals surface area (Å²) in [5.74, 6) is 0.988. The Hall–Kier alpha value is -4.11. The molecular formula is C32H31ClFN5O3. The minimum absolute atomic E-state index is 0.0141. The number of aromatic nitrogens is 3. The van der Waals surface area contributed by atoms with E-state index in [1.807, 2.05) is 6.07 Å². The molecule has 4 unspecified atom stereocenters. The van der Waals surface area contributed by atoms with Gasteiger partial charge in [-0.15, -0.1) is 0 Å². The van der Waals surface area contributed by atoms with Crippen LogP contribution in [0.4, 0.5) is 10.2 Å². The van der Waals surface area contributed by atoms with E-state index in [-0.39, 0.29) is 28.3 Å². The van der Waals surface area contributed by atoms with E-state index in [1.54, 1.807) is 56.8 Å². The number of aromatic hydroxyl groups is 1. The van der Waals surface area contributed by atoms with Crippen LogP contribution in [0, 0.1) is 23.1 Å². The van der Waals surface area contributed by atoms with Gasteiger partial charge in [-0.2, -0.15) is 0 Å². The molecular weight excluding hydrogens is 557 g/mol. The van der Waals surface area contributed by atoms with Gasteiger partial charge in [0.15, 0.2) is 0 Å². The Morgan fingerprint density at radius 2 is 1.86 bits per heavy atom. The standard InChI is InChI=1S/C32H31ClFN5O3/c1-18(40)36-32-8-6-21-16-38(17-27(32)31(21,32)2)28-13-20(7-9-35-28)24-15-22(34)14-23(29(24)41)19-4-5-26(25(33)12-19)39-11-10-37(3)30(39)42/h4-5,7,9-15,21,27,41H,6,8,16-17H2,1-3H3,(H,36,40). The fraction of sp³-hybridized carbons (Fsp3) is 0.344. The van der Waals surface area contributed by atoms with Gasteiger partial charge in [-0.05, 0) is 66.3 Å². The van der Waals surface area contributed by atoms with Crippen molar-refractivity contribution in [3.05, 3.63) is 82.4 Å². The number of aryl methyl sites for hydroxylation is 1. The lowest BCUT2D eigenvalue weighted by molar-refractivity contribution is -0.120. The summed E-state index contributed by atoms with van der Waals surface area (Å²) in [5.41, 5.74) is 2.00. The van der Waals surface area contributed by atoms with Crippen molar-refractivity contribution in [2.24, 2.45) is 24.3 Å². The molecule has 4 aromatic rings. The SMILES string of the molecule is CC(=O)NC12CCC3CN(c4cc(-c5cc(F)cc(-c6ccc(-n7ccn(C)c7=O)c(Cl)c6)c5O)ccn4)CC1C32C. The molecule has 7 rings (SSSR count). The molecule has 1 amide bonds. The van der Waals surface area contributed by atoms with Crippen LogP contribution in [0.2, 0.25) is 5.02 Å². The zero-order valence-electron chi connectivity index (χ0n) is 23.6. The molecule has 42 heavy (non-hydrogen) atoms. The maximum Gasteiger partial charge on any atom is 0.332 e. The third kappa shape index (κ3) is 3.75. The molecule has 1 aliphatic heterocycles. The zero-order chi connectivity index (χ0) is 29.6. The number of nitrogens with zero attached hydrogens (tertiary/aromatic N) is 4. The molecule has 3 fully saturated rings. The predicted octanol–water partition coefficient (Wildman–Crippen LogP) is 5.14. The highest BCUT2D eigenvalue weighted by Gasteiger charge is 2.81. The fourth-order valence-corrected chi connectivity index (χ4v) is 8.17. The van der Waals surface area contributed by atoms with Crippen molar-refractivity contribution in [1.82, 2.24) is 19.4 Å². The summed E-state index contributed by atoms with van der Waals surface area (Å²) in [5, 5.41) is 15.0. The quantitative estimate of drug-likeness (QED) is 0.337. The highest BCUT2D eigenvalue weighted by atomic mass is 35.5. The van der Waals surface area contributed by atoms with E-state index in [1.165, 1.54) is 21.3 Å². The molecule has 0 radical (unpaired) electrons. The second-order valence-corrected chi connectivity index (χ2v) is 12.5. The number of rotatable bonds is 5. The molecule has 216 valence electrons. The number of nitrogens with one attached hydrogen (secondary N) is 1. The summed E-state index contributed by atoms with van der Waals surface area (Å²) in [6.45, 7) is 5.50. The van der Waals surface area contributed by atoms with E-state index < -0.39 is 5.82 Å². The van der Waals surface area contributed by atoms with Crippen molar-refractivity contribution < 1.29 is 14.3 Å². The number of pyridine rings is 1. The number of imidazole rings is 1. The molecule has 2 aromatic heterocycles. The average Bonchev–Trinajstić information content (AvgIpc) is 3.12. The summed E-state index contributed by atoms with van der Waals surface area (Å²) >= 11 is 6.56. The molecule has 4 atom stereocenters. The van der Waals surface area contributed by atoms with Gasteiger partial charge in [0, 0.05) is 68.1 Å². The van der Waals surface area contributed by atoms with E-state index in [0.717, 1.165) is 31.7 Å². The zero-order valence-corrected chi connectivity index (χ0v) is 24.3. The van der Waals surface area contributed by atoms with Gasteiger partial charge in [0.2, 0.25) is 5.91 Å². The Morgan fingerprint density at radius 3 is 2.52 bits per heavy atom. The minimum atomic E-state index is -0.503. The van der Waals surface area contributed by atoms with Gasteiger partial charge < -0.3 is 19.9 Å². The predicted molar refractivity (Wildman–Crippen MR) is 159 cm³/mol. The average molecular weight is 588 g/mol. The smallest absolute Gasteiger partial charge is 0.332 e. The summed E-state index contributed by atoms with van der Waals surface area (Å²) in [6, 6.07) is 11.2. The van der Waals surface area contributed by atoms with E-state index in [0.29, 0.717) is 44.8 Å². The van der Waals surface area contributed by atoms with Gasteiger partial charge in [-0.1, -0.05) is 24.6 Å². The number of phenolic OH excluding ortho intramolecular Hbond substituents is 1. The number of carbonyl (C=O) groups excluding carboxylic acids is 1. The summed E-state index contributed by atoms with van der Waals surface area (Å²) in [7, 11) is 1.65. The molecule has 2 aliphatic carbocycles. The van der Waals surface area contributed by atoms with Crippen LogP contribution in [0.3, 0.4) is 0 Å². The van der Waals surface area contributed by atoms with Gasteiger partial charge in [0.25, 0.3) is 0 Å². The Morgan fingerprint density at radius 1 is 1.12 bits per heavy atom.